The van der Waals surface area contributed by atoms with Gasteiger partial charge in [-0.3, -0.25) is 4.99 Å². The van der Waals surface area contributed by atoms with Gasteiger partial charge in [0.2, 0.25) is 0 Å². The van der Waals surface area contributed by atoms with E-state index in [1.807, 2.05) is 29.5 Å². The summed E-state index contributed by atoms with van der Waals surface area (Å²) >= 11 is 1.91. The number of hydrogen-bond donors (Lipinski definition) is 1. The molecular formula is C56H36N4S. The Balaban J connectivity index is 0.948. The van der Waals surface area contributed by atoms with Crippen molar-refractivity contribution in [3.63, 3.8) is 0 Å². The zero-order valence-corrected chi connectivity index (χ0v) is 33.8. The number of nitrogen functional groups attached to an aromatic ring is 1. The molecule has 2 N–H and O–H groups in total. The molecule has 1 aliphatic rings. The summed E-state index contributed by atoms with van der Waals surface area (Å²) in [5.74, 6) is 0. The molecule has 5 heteroatoms. The minimum absolute atomic E-state index is 0.422. The molecule has 3 aromatic heterocycles. The highest BCUT2D eigenvalue weighted by Crippen LogP contribution is 2.54. The van der Waals surface area contributed by atoms with Crippen LogP contribution >= 0.6 is 11.3 Å². The summed E-state index contributed by atoms with van der Waals surface area (Å²) in [7, 11) is 0. The summed E-state index contributed by atoms with van der Waals surface area (Å²) in [6.45, 7) is 0.422. The first-order valence-electron chi connectivity index (χ1n) is 20.8. The lowest BCUT2D eigenvalue weighted by Crippen LogP contribution is -2.09. The average Bonchev–Trinajstić information content (AvgIpc) is 4.04. The molecule has 0 fully saturated rings. The van der Waals surface area contributed by atoms with Gasteiger partial charge in [0.25, 0.3) is 0 Å². The predicted octanol–water partition coefficient (Wildman–Crippen LogP) is 14.7. The molecule has 0 saturated carbocycles. The van der Waals surface area contributed by atoms with Crippen molar-refractivity contribution in [2.75, 3.05) is 5.73 Å². The van der Waals surface area contributed by atoms with Gasteiger partial charge in [-0.05, 0) is 88.1 Å². The molecule has 0 atom stereocenters. The molecule has 0 aliphatic heterocycles. The van der Waals surface area contributed by atoms with Gasteiger partial charge in [0.05, 0.1) is 27.8 Å². The fourth-order valence-electron chi connectivity index (χ4n) is 10.0. The smallest absolute Gasteiger partial charge is 0.115 e. The lowest BCUT2D eigenvalue weighted by atomic mass is 9.98. The monoisotopic (exact) mass is 796 g/mol. The van der Waals surface area contributed by atoms with Gasteiger partial charge in [-0.1, -0.05) is 133 Å². The number of anilines is 1. The fraction of sp³-hybridized carbons (Fsp3) is 0.0179. The third kappa shape index (κ3) is 5.08. The van der Waals surface area contributed by atoms with Gasteiger partial charge in [0.1, 0.15) is 6.67 Å². The second kappa shape index (κ2) is 13.1. The SMILES string of the molecule is Nc1ccccc1/C(=N\Cn1c2ccccc2c2cc(-c3ccc4sc5c(c4c3)-c3cccc4cccc-5c34)ccc21)c1ccc2c3ccccc3n(-c3ccccc3)c2c1. The molecule has 3 heterocycles. The molecule has 4 nitrogen and oxygen atoms in total. The first-order valence-corrected chi connectivity index (χ1v) is 21.6. The lowest BCUT2D eigenvalue weighted by molar-refractivity contribution is 0.793. The van der Waals surface area contributed by atoms with E-state index in [-0.39, 0.29) is 0 Å². The number of nitrogens with two attached hydrogens (primary N) is 1. The molecule has 0 radical (unpaired) electrons. The highest BCUT2D eigenvalue weighted by atomic mass is 32.1. The maximum absolute atomic E-state index is 6.76. The van der Waals surface area contributed by atoms with Crippen LogP contribution in [0.4, 0.5) is 5.69 Å². The van der Waals surface area contributed by atoms with Gasteiger partial charge in [0, 0.05) is 70.1 Å². The first-order chi connectivity index (χ1) is 30.2. The van der Waals surface area contributed by atoms with E-state index in [1.165, 1.54) is 80.6 Å². The maximum Gasteiger partial charge on any atom is 0.115 e. The maximum atomic E-state index is 6.76. The third-order valence-corrected chi connectivity index (χ3v) is 14.0. The number of thiophene rings is 1. The van der Waals surface area contributed by atoms with Crippen LogP contribution in [0.3, 0.4) is 0 Å². The van der Waals surface area contributed by atoms with Crippen molar-refractivity contribution < 1.29 is 0 Å². The van der Waals surface area contributed by atoms with E-state index < -0.39 is 0 Å². The average molecular weight is 797 g/mol. The van der Waals surface area contributed by atoms with Crippen molar-refractivity contribution in [1.82, 2.24) is 9.13 Å². The van der Waals surface area contributed by atoms with Crippen LogP contribution in [0, 0.1) is 0 Å². The molecule has 0 amide bonds. The van der Waals surface area contributed by atoms with E-state index >= 15 is 0 Å². The molecule has 0 bridgehead atoms. The van der Waals surface area contributed by atoms with E-state index in [0.717, 1.165) is 39.1 Å². The number of hydrogen-bond acceptors (Lipinski definition) is 3. The molecule has 12 aromatic rings. The largest absolute Gasteiger partial charge is 0.398 e. The summed E-state index contributed by atoms with van der Waals surface area (Å²) in [6, 6.07) is 70.1. The van der Waals surface area contributed by atoms with Crippen LogP contribution in [0.5, 0.6) is 0 Å². The molecule has 0 spiro atoms. The van der Waals surface area contributed by atoms with Crippen molar-refractivity contribution in [2.24, 2.45) is 4.99 Å². The van der Waals surface area contributed by atoms with Crippen molar-refractivity contribution in [3.8, 4) is 38.4 Å². The Labute approximate surface area is 355 Å². The number of para-hydroxylation sites is 4. The first kappa shape index (κ1) is 34.2. The van der Waals surface area contributed by atoms with Gasteiger partial charge in [0.15, 0.2) is 0 Å². The minimum Gasteiger partial charge on any atom is -0.398 e. The van der Waals surface area contributed by atoms with E-state index in [1.54, 1.807) is 0 Å². The summed E-state index contributed by atoms with van der Waals surface area (Å²) in [4.78, 5) is 6.88. The Hall–Kier alpha value is -7.73. The van der Waals surface area contributed by atoms with Gasteiger partial charge < -0.3 is 14.9 Å². The van der Waals surface area contributed by atoms with E-state index in [0.29, 0.717) is 12.4 Å². The molecule has 1 aliphatic carbocycles. The Kier molecular flexibility index (Phi) is 7.36. The van der Waals surface area contributed by atoms with Crippen molar-refractivity contribution in [1.29, 1.82) is 0 Å². The van der Waals surface area contributed by atoms with Crippen LogP contribution < -0.4 is 5.73 Å². The number of nitrogens with zero attached hydrogens (tertiary/aromatic N) is 3. The van der Waals surface area contributed by atoms with Crippen molar-refractivity contribution >= 4 is 87.2 Å². The lowest BCUT2D eigenvalue weighted by Gasteiger charge is -2.13. The van der Waals surface area contributed by atoms with Crippen LogP contribution in [0.2, 0.25) is 0 Å². The molecule has 13 rings (SSSR count). The molecule has 0 unspecified atom stereocenters. The Morgan fingerprint density at radius 2 is 1.18 bits per heavy atom. The van der Waals surface area contributed by atoms with Crippen LogP contribution in [0.15, 0.2) is 199 Å². The quantitative estimate of drug-likeness (QED) is 0.132. The van der Waals surface area contributed by atoms with Crippen molar-refractivity contribution in [2.45, 2.75) is 6.67 Å². The fourth-order valence-corrected chi connectivity index (χ4v) is 11.2. The van der Waals surface area contributed by atoms with E-state index in [9.17, 15) is 0 Å². The van der Waals surface area contributed by atoms with Crippen LogP contribution in [-0.4, -0.2) is 14.8 Å². The molecule has 9 aromatic carbocycles. The zero-order valence-electron chi connectivity index (χ0n) is 33.0. The van der Waals surface area contributed by atoms with Crippen LogP contribution in [0.1, 0.15) is 11.1 Å². The summed E-state index contributed by atoms with van der Waals surface area (Å²) in [5.41, 5.74) is 22.5. The second-order valence-electron chi connectivity index (χ2n) is 16.1. The minimum atomic E-state index is 0.422. The van der Waals surface area contributed by atoms with Crippen LogP contribution in [0.25, 0.3) is 103 Å². The highest BCUT2D eigenvalue weighted by Gasteiger charge is 2.26. The van der Waals surface area contributed by atoms with E-state index in [4.69, 9.17) is 10.7 Å². The topological polar surface area (TPSA) is 48.2 Å². The summed E-state index contributed by atoms with van der Waals surface area (Å²) in [6.07, 6.45) is 0. The molecular weight excluding hydrogens is 761 g/mol. The van der Waals surface area contributed by atoms with E-state index in [2.05, 4.69) is 185 Å². The second-order valence-corrected chi connectivity index (χ2v) is 17.1. The Bertz CT molecular complexity index is 3800. The number of rotatable bonds is 6. The molecule has 0 saturated heterocycles. The van der Waals surface area contributed by atoms with Crippen LogP contribution in [-0.2, 0) is 6.67 Å². The number of benzene rings is 9. The van der Waals surface area contributed by atoms with Gasteiger partial charge in [-0.15, -0.1) is 11.3 Å². The van der Waals surface area contributed by atoms with Gasteiger partial charge in [-0.2, -0.15) is 0 Å². The standard InChI is InChI=1S/C56H36N4S/c57-47-21-7-4-18-42(47)55(37-24-27-41-39-16-6-9-23-50(39)60(51(41)32-37)38-14-2-1-3-15-38)58-33-59-48-22-8-5-17-40(48)45-30-35(25-28-49(45)59)36-26-29-52-46(31-36)54-43-19-10-12-34-13-11-20-44(53(34)43)56(54)61-52/h1-32H,33,57H2/b58-55-. The Morgan fingerprint density at radius 1 is 0.508 bits per heavy atom. The summed E-state index contributed by atoms with van der Waals surface area (Å²) < 4.78 is 6.03. The van der Waals surface area contributed by atoms with Gasteiger partial charge >= 0.3 is 0 Å². The number of fused-ring (bicyclic) bond motifs is 11. The highest BCUT2D eigenvalue weighted by molar-refractivity contribution is 7.23. The normalized spacial score (nSPS) is 12.5. The molecule has 61 heavy (non-hydrogen) atoms. The molecule has 286 valence electrons. The zero-order chi connectivity index (χ0) is 40.2. The summed E-state index contributed by atoms with van der Waals surface area (Å²) in [5, 5.41) is 8.86. The number of aliphatic imine (C=N–C) groups is 1. The van der Waals surface area contributed by atoms with Gasteiger partial charge in [-0.25, -0.2) is 0 Å². The predicted molar refractivity (Wildman–Crippen MR) is 259 cm³/mol. The third-order valence-electron chi connectivity index (χ3n) is 12.8. The Morgan fingerprint density at radius 3 is 2.02 bits per heavy atom. The number of aromatic nitrogens is 2. The van der Waals surface area contributed by atoms with Crippen molar-refractivity contribution in [3.05, 3.63) is 205 Å².